The van der Waals surface area contributed by atoms with Crippen molar-refractivity contribution in [3.63, 3.8) is 0 Å². The summed E-state index contributed by atoms with van der Waals surface area (Å²) in [5.74, 6) is -0.891. The Kier molecular flexibility index (Phi) is 5.60. The number of carboxylic acid groups (broad SMARTS) is 1. The highest BCUT2D eigenvalue weighted by atomic mass is 16.4. The molecule has 4 saturated carbocycles. The largest absolute Gasteiger partial charge is 0.481 e. The molecule has 4 N–H and O–H groups in total. The van der Waals surface area contributed by atoms with Gasteiger partial charge in [0.1, 0.15) is 6.10 Å². The van der Waals surface area contributed by atoms with Gasteiger partial charge in [-0.25, -0.2) is 0 Å². The van der Waals surface area contributed by atoms with Crippen LogP contribution in [0, 0.1) is 46.3 Å². The molecule has 30 heavy (non-hydrogen) atoms. The van der Waals surface area contributed by atoms with Crippen LogP contribution in [-0.2, 0) is 9.59 Å². The van der Waals surface area contributed by atoms with E-state index >= 15 is 0 Å². The van der Waals surface area contributed by atoms with E-state index in [9.17, 15) is 24.9 Å². The molecule has 0 saturated heterocycles. The molecule has 0 aromatic carbocycles. The summed E-state index contributed by atoms with van der Waals surface area (Å²) in [7, 11) is 0. The van der Waals surface area contributed by atoms with Crippen LogP contribution in [0.25, 0.3) is 0 Å². The van der Waals surface area contributed by atoms with Gasteiger partial charge in [-0.3, -0.25) is 9.59 Å². The third-order valence-electron chi connectivity index (χ3n) is 10.2. The summed E-state index contributed by atoms with van der Waals surface area (Å²) in [4.78, 5) is 24.3. The van der Waals surface area contributed by atoms with E-state index in [1.54, 1.807) is 0 Å². The molecule has 0 aromatic heterocycles. The van der Waals surface area contributed by atoms with Crippen LogP contribution in [0.4, 0.5) is 0 Å². The van der Waals surface area contributed by atoms with Gasteiger partial charge in [-0.2, -0.15) is 0 Å². The maximum absolute atomic E-state index is 13.2. The number of aliphatic hydroxyl groups excluding tert-OH is 3. The van der Waals surface area contributed by atoms with Crippen LogP contribution in [0.1, 0.15) is 72.1 Å². The van der Waals surface area contributed by atoms with Crippen molar-refractivity contribution in [2.24, 2.45) is 46.3 Å². The van der Waals surface area contributed by atoms with E-state index < -0.39 is 29.7 Å². The van der Waals surface area contributed by atoms with Gasteiger partial charge in [-0.1, -0.05) is 20.8 Å². The first kappa shape index (κ1) is 22.2. The van der Waals surface area contributed by atoms with Gasteiger partial charge >= 0.3 is 5.97 Å². The average Bonchev–Trinajstić information content (AvgIpc) is 3.05. The quantitative estimate of drug-likeness (QED) is 0.554. The van der Waals surface area contributed by atoms with Gasteiger partial charge in [0.25, 0.3) is 0 Å². The minimum Gasteiger partial charge on any atom is -0.481 e. The Morgan fingerprint density at radius 2 is 1.80 bits per heavy atom. The molecule has 4 fully saturated rings. The molecular formula is C24H38O6. The van der Waals surface area contributed by atoms with Crippen LogP contribution in [0.2, 0.25) is 0 Å². The van der Waals surface area contributed by atoms with Gasteiger partial charge < -0.3 is 20.4 Å². The molecule has 4 aliphatic rings. The zero-order valence-corrected chi connectivity index (χ0v) is 18.5. The van der Waals surface area contributed by atoms with E-state index in [0.717, 1.165) is 19.3 Å². The number of hydrogen-bond donors (Lipinski definition) is 4. The lowest BCUT2D eigenvalue weighted by atomic mass is 9.42. The number of carbonyl (C=O) groups is 2. The van der Waals surface area contributed by atoms with Crippen molar-refractivity contribution in [1.82, 2.24) is 0 Å². The van der Waals surface area contributed by atoms with E-state index in [0.29, 0.717) is 25.7 Å². The summed E-state index contributed by atoms with van der Waals surface area (Å²) in [5.41, 5.74) is -0.687. The van der Waals surface area contributed by atoms with Crippen LogP contribution < -0.4 is 0 Å². The number of rotatable bonds is 4. The van der Waals surface area contributed by atoms with Crippen molar-refractivity contribution in [3.05, 3.63) is 0 Å². The summed E-state index contributed by atoms with van der Waals surface area (Å²) in [5, 5.41) is 41.9. The summed E-state index contributed by atoms with van der Waals surface area (Å²) < 4.78 is 0. The molecule has 170 valence electrons. The number of carbonyl (C=O) groups excluding carboxylic acids is 1. The Morgan fingerprint density at radius 1 is 1.10 bits per heavy atom. The Balaban J connectivity index is 1.65. The summed E-state index contributed by atoms with van der Waals surface area (Å²) in [6.07, 6.45) is 2.88. The standard InChI is InChI=1S/C24H38O6/c1-12(4-7-19(27)28)14-5-6-15-20-16(11-18(26)24(14,15)3)23(2)9-8-13(25)10-17(23)21(29)22(20)30/h12-18,20,22,25-26,30H,4-11H2,1-3H3,(H,27,28)/t12-,13-,14-,15+,16+,17-,18+,20+,22-,23-,24-/m1/s1. The second-order valence-electron chi connectivity index (χ2n) is 11.3. The fourth-order valence-electron chi connectivity index (χ4n) is 8.48. The Morgan fingerprint density at radius 3 is 2.47 bits per heavy atom. The zero-order valence-electron chi connectivity index (χ0n) is 18.5. The van der Waals surface area contributed by atoms with Gasteiger partial charge in [-0.15, -0.1) is 0 Å². The predicted molar refractivity (Wildman–Crippen MR) is 110 cm³/mol. The lowest BCUT2D eigenvalue weighted by Gasteiger charge is -2.62. The first-order valence-electron chi connectivity index (χ1n) is 11.8. The zero-order chi connectivity index (χ0) is 22.0. The molecule has 0 aliphatic heterocycles. The number of fused-ring (bicyclic) bond motifs is 5. The highest BCUT2D eigenvalue weighted by Crippen LogP contribution is 2.67. The van der Waals surface area contributed by atoms with Gasteiger partial charge in [0, 0.05) is 12.3 Å². The number of aliphatic carboxylic acids is 1. The predicted octanol–water partition coefficient (Wildman–Crippen LogP) is 2.63. The fraction of sp³-hybridized carbons (Fsp3) is 0.917. The Hall–Kier alpha value is -0.980. The molecule has 0 bridgehead atoms. The molecule has 0 radical (unpaired) electrons. The SMILES string of the molecule is C[C@H](CCC(=O)O)[C@H]1CC[C@H]2[C@@H]3[C@@H](O)C(=O)[C@H]4C[C@H](O)CC[C@]4(C)[C@H]3C[C@H](O)[C@]12C. The van der Waals surface area contributed by atoms with Crippen LogP contribution in [0.15, 0.2) is 0 Å². The second kappa shape index (κ2) is 7.56. The fourth-order valence-corrected chi connectivity index (χ4v) is 8.48. The van der Waals surface area contributed by atoms with Gasteiger partial charge in [0.05, 0.1) is 12.2 Å². The van der Waals surface area contributed by atoms with E-state index in [2.05, 4.69) is 20.8 Å². The first-order valence-corrected chi connectivity index (χ1v) is 11.8. The highest BCUT2D eigenvalue weighted by Gasteiger charge is 2.67. The molecule has 4 rings (SSSR count). The van der Waals surface area contributed by atoms with E-state index in [1.165, 1.54) is 0 Å². The molecule has 11 atom stereocenters. The molecule has 6 nitrogen and oxygen atoms in total. The maximum atomic E-state index is 13.2. The highest BCUT2D eigenvalue weighted by molar-refractivity contribution is 5.87. The smallest absolute Gasteiger partial charge is 0.303 e. The van der Waals surface area contributed by atoms with Crippen molar-refractivity contribution in [2.75, 3.05) is 0 Å². The minimum absolute atomic E-state index is 0.0621. The monoisotopic (exact) mass is 422 g/mol. The number of Topliss-reactive ketones (excluding diaryl/α,β-unsaturated/α-hetero) is 1. The molecule has 6 heteroatoms. The third kappa shape index (κ3) is 3.08. The topological polar surface area (TPSA) is 115 Å². The van der Waals surface area contributed by atoms with Crippen LogP contribution in [-0.4, -0.2) is 50.5 Å². The molecule has 0 spiro atoms. The average molecular weight is 423 g/mol. The van der Waals surface area contributed by atoms with Crippen LogP contribution in [0.5, 0.6) is 0 Å². The van der Waals surface area contributed by atoms with Crippen molar-refractivity contribution in [1.29, 1.82) is 0 Å². The van der Waals surface area contributed by atoms with Crippen LogP contribution >= 0.6 is 0 Å². The molecule has 0 aromatic rings. The molecule has 0 amide bonds. The third-order valence-corrected chi connectivity index (χ3v) is 10.2. The van der Waals surface area contributed by atoms with E-state index in [-0.39, 0.29) is 53.1 Å². The van der Waals surface area contributed by atoms with Gasteiger partial charge in [0.2, 0.25) is 0 Å². The number of hydrogen-bond acceptors (Lipinski definition) is 5. The lowest BCUT2D eigenvalue weighted by Crippen LogP contribution is -2.65. The molecule has 0 unspecified atom stereocenters. The van der Waals surface area contributed by atoms with E-state index in [4.69, 9.17) is 5.11 Å². The maximum Gasteiger partial charge on any atom is 0.303 e. The molecular weight excluding hydrogens is 384 g/mol. The minimum atomic E-state index is -1.02. The number of ketones is 1. The number of aliphatic hydroxyl groups is 3. The summed E-state index contributed by atoms with van der Waals surface area (Å²) >= 11 is 0. The first-order chi connectivity index (χ1) is 14.0. The van der Waals surface area contributed by atoms with Crippen molar-refractivity contribution in [3.8, 4) is 0 Å². The van der Waals surface area contributed by atoms with Crippen molar-refractivity contribution in [2.45, 2.75) is 90.4 Å². The molecule has 4 aliphatic carbocycles. The number of carboxylic acids is 1. The second-order valence-corrected chi connectivity index (χ2v) is 11.3. The van der Waals surface area contributed by atoms with Gasteiger partial charge in [0.15, 0.2) is 5.78 Å². The lowest BCUT2D eigenvalue weighted by molar-refractivity contribution is -0.205. The van der Waals surface area contributed by atoms with Crippen molar-refractivity contribution < 1.29 is 30.0 Å². The van der Waals surface area contributed by atoms with Gasteiger partial charge in [-0.05, 0) is 85.4 Å². The Bertz CT molecular complexity index is 708. The Labute approximate surface area is 179 Å². The van der Waals surface area contributed by atoms with Crippen molar-refractivity contribution >= 4 is 11.8 Å². The summed E-state index contributed by atoms with van der Waals surface area (Å²) in [6, 6.07) is 0. The normalized spacial score (nSPS) is 51.6. The van der Waals surface area contributed by atoms with Crippen LogP contribution in [0.3, 0.4) is 0 Å². The molecule has 0 heterocycles. The van der Waals surface area contributed by atoms with E-state index in [1.807, 2.05) is 0 Å². The summed E-state index contributed by atoms with van der Waals surface area (Å²) in [6.45, 7) is 6.34.